The number of aromatic nitrogens is 2. The molecule has 2 aromatic rings. The van der Waals surface area contributed by atoms with Crippen molar-refractivity contribution in [1.82, 2.24) is 9.78 Å². The van der Waals surface area contributed by atoms with Crippen LogP contribution >= 0.6 is 0 Å². The Balaban J connectivity index is 2.95. The van der Waals surface area contributed by atoms with E-state index in [4.69, 9.17) is 11.0 Å². The fourth-order valence-corrected chi connectivity index (χ4v) is 1.43. The van der Waals surface area contributed by atoms with Crippen LogP contribution in [0.25, 0.3) is 10.9 Å². The molecule has 1 aromatic carbocycles. The number of hydrogen-bond donors (Lipinski definition) is 1. The SMILES string of the molecule is Cn1ncc2cc(N)cc(C#N)c21. The number of nitriles is 1. The van der Waals surface area contributed by atoms with E-state index in [2.05, 4.69) is 11.2 Å². The summed E-state index contributed by atoms with van der Waals surface area (Å²) in [5, 5.41) is 13.8. The van der Waals surface area contributed by atoms with Crippen molar-refractivity contribution in [2.75, 3.05) is 5.73 Å². The van der Waals surface area contributed by atoms with E-state index >= 15 is 0 Å². The molecule has 0 aliphatic rings. The minimum atomic E-state index is 0.565. The Bertz CT molecular complexity index is 504. The maximum absolute atomic E-state index is 8.86. The van der Waals surface area contributed by atoms with E-state index in [1.54, 1.807) is 24.0 Å². The fraction of sp³-hybridized carbons (Fsp3) is 0.111. The maximum Gasteiger partial charge on any atom is 0.101 e. The molecule has 1 heterocycles. The zero-order chi connectivity index (χ0) is 9.42. The molecule has 1 aromatic heterocycles. The van der Waals surface area contributed by atoms with Crippen LogP contribution < -0.4 is 5.73 Å². The maximum atomic E-state index is 8.86. The van der Waals surface area contributed by atoms with Crippen molar-refractivity contribution in [3.63, 3.8) is 0 Å². The molecule has 0 amide bonds. The Morgan fingerprint density at radius 3 is 3.00 bits per heavy atom. The van der Waals surface area contributed by atoms with Gasteiger partial charge in [0.2, 0.25) is 0 Å². The lowest BCUT2D eigenvalue weighted by Gasteiger charge is -1.98. The van der Waals surface area contributed by atoms with Gasteiger partial charge in [-0.1, -0.05) is 0 Å². The van der Waals surface area contributed by atoms with E-state index in [0.29, 0.717) is 11.3 Å². The molecule has 0 spiro atoms. The van der Waals surface area contributed by atoms with Crippen LogP contribution in [-0.2, 0) is 7.05 Å². The van der Waals surface area contributed by atoms with Crippen molar-refractivity contribution in [1.29, 1.82) is 5.26 Å². The molecule has 0 atom stereocenters. The lowest BCUT2D eigenvalue weighted by molar-refractivity contribution is 0.796. The summed E-state index contributed by atoms with van der Waals surface area (Å²) in [6.07, 6.45) is 1.70. The molecule has 0 saturated heterocycles. The molecule has 0 aliphatic carbocycles. The number of nitrogen functional groups attached to an aromatic ring is 1. The van der Waals surface area contributed by atoms with Crippen molar-refractivity contribution in [2.24, 2.45) is 7.05 Å². The third kappa shape index (κ3) is 1.02. The molecule has 64 valence electrons. The summed E-state index contributed by atoms with van der Waals surface area (Å²) in [6.45, 7) is 0. The van der Waals surface area contributed by atoms with Crippen LogP contribution in [0, 0.1) is 11.3 Å². The Kier molecular flexibility index (Phi) is 1.46. The van der Waals surface area contributed by atoms with Crippen LogP contribution in [0.2, 0.25) is 0 Å². The molecule has 0 bridgehead atoms. The number of nitrogens with two attached hydrogens (primary N) is 1. The van der Waals surface area contributed by atoms with Crippen LogP contribution in [0.3, 0.4) is 0 Å². The van der Waals surface area contributed by atoms with Crippen LogP contribution in [0.4, 0.5) is 5.69 Å². The van der Waals surface area contributed by atoms with Crippen LogP contribution in [0.15, 0.2) is 18.3 Å². The first-order chi connectivity index (χ1) is 6.22. The smallest absolute Gasteiger partial charge is 0.101 e. The first kappa shape index (κ1) is 7.62. The number of fused-ring (bicyclic) bond motifs is 1. The van der Waals surface area contributed by atoms with Gasteiger partial charge in [-0.2, -0.15) is 10.4 Å². The molecule has 2 rings (SSSR count). The number of aryl methyl sites for hydroxylation is 1. The Labute approximate surface area is 75.2 Å². The predicted molar refractivity (Wildman–Crippen MR) is 49.8 cm³/mol. The van der Waals surface area contributed by atoms with Gasteiger partial charge in [0.1, 0.15) is 6.07 Å². The second-order valence-corrected chi connectivity index (χ2v) is 2.89. The van der Waals surface area contributed by atoms with E-state index in [1.807, 2.05) is 6.07 Å². The number of anilines is 1. The summed E-state index contributed by atoms with van der Waals surface area (Å²) >= 11 is 0. The third-order valence-corrected chi connectivity index (χ3v) is 1.98. The van der Waals surface area contributed by atoms with Gasteiger partial charge in [-0.05, 0) is 12.1 Å². The highest BCUT2D eigenvalue weighted by molar-refractivity contribution is 5.87. The molecular weight excluding hydrogens is 164 g/mol. The standard InChI is InChI=1S/C9H8N4/c1-13-9-6(4-10)2-8(11)3-7(9)5-12-13/h2-3,5H,11H2,1H3. The first-order valence-electron chi connectivity index (χ1n) is 3.83. The minimum absolute atomic E-state index is 0.565. The average Bonchev–Trinajstić information content (AvgIpc) is 2.46. The molecule has 13 heavy (non-hydrogen) atoms. The van der Waals surface area contributed by atoms with Crippen LogP contribution in [0.1, 0.15) is 5.56 Å². The largest absolute Gasteiger partial charge is 0.399 e. The van der Waals surface area contributed by atoms with Crippen molar-refractivity contribution in [3.05, 3.63) is 23.9 Å². The average molecular weight is 172 g/mol. The van der Waals surface area contributed by atoms with E-state index in [1.165, 1.54) is 0 Å². The highest BCUT2D eigenvalue weighted by Crippen LogP contribution is 2.20. The van der Waals surface area contributed by atoms with Crippen molar-refractivity contribution in [3.8, 4) is 6.07 Å². The number of nitrogens with zero attached hydrogens (tertiary/aromatic N) is 3. The van der Waals surface area contributed by atoms with Crippen LogP contribution in [0.5, 0.6) is 0 Å². The summed E-state index contributed by atoms with van der Waals surface area (Å²) in [6, 6.07) is 5.56. The highest BCUT2D eigenvalue weighted by Gasteiger charge is 2.06. The van der Waals surface area contributed by atoms with Crippen molar-refractivity contribution < 1.29 is 0 Å². The Morgan fingerprint density at radius 1 is 1.54 bits per heavy atom. The number of benzene rings is 1. The van der Waals surface area contributed by atoms with Gasteiger partial charge in [0, 0.05) is 18.1 Å². The molecule has 2 N–H and O–H groups in total. The van der Waals surface area contributed by atoms with Crippen molar-refractivity contribution in [2.45, 2.75) is 0 Å². The van der Waals surface area contributed by atoms with Crippen LogP contribution in [-0.4, -0.2) is 9.78 Å². The molecular formula is C9H8N4. The summed E-state index contributed by atoms with van der Waals surface area (Å²) in [7, 11) is 1.80. The van der Waals surface area contributed by atoms with Gasteiger partial charge >= 0.3 is 0 Å². The van der Waals surface area contributed by atoms with Gasteiger partial charge in [0.05, 0.1) is 17.3 Å². The zero-order valence-corrected chi connectivity index (χ0v) is 7.15. The zero-order valence-electron chi connectivity index (χ0n) is 7.15. The molecule has 0 aliphatic heterocycles. The lowest BCUT2D eigenvalue weighted by atomic mass is 10.1. The van der Waals surface area contributed by atoms with E-state index < -0.39 is 0 Å². The molecule has 4 heteroatoms. The predicted octanol–water partition coefficient (Wildman–Crippen LogP) is 1.03. The molecule has 0 fully saturated rings. The van der Waals surface area contributed by atoms with Gasteiger partial charge in [-0.15, -0.1) is 0 Å². The van der Waals surface area contributed by atoms with E-state index in [9.17, 15) is 0 Å². The second kappa shape index (κ2) is 2.49. The molecule has 0 unspecified atom stereocenters. The second-order valence-electron chi connectivity index (χ2n) is 2.89. The fourth-order valence-electron chi connectivity index (χ4n) is 1.43. The molecule has 0 radical (unpaired) electrons. The summed E-state index contributed by atoms with van der Waals surface area (Å²) in [5.74, 6) is 0. The summed E-state index contributed by atoms with van der Waals surface area (Å²) < 4.78 is 1.67. The number of rotatable bonds is 0. The Hall–Kier alpha value is -2.02. The Morgan fingerprint density at radius 2 is 2.31 bits per heavy atom. The van der Waals surface area contributed by atoms with Crippen molar-refractivity contribution >= 4 is 16.6 Å². The van der Waals surface area contributed by atoms with Gasteiger partial charge in [-0.25, -0.2) is 0 Å². The summed E-state index contributed by atoms with van der Waals surface area (Å²) in [5.41, 5.74) is 7.61. The minimum Gasteiger partial charge on any atom is -0.399 e. The van der Waals surface area contributed by atoms with Gasteiger partial charge < -0.3 is 5.73 Å². The van der Waals surface area contributed by atoms with Gasteiger partial charge in [-0.3, -0.25) is 4.68 Å². The number of hydrogen-bond acceptors (Lipinski definition) is 3. The monoisotopic (exact) mass is 172 g/mol. The van der Waals surface area contributed by atoms with Gasteiger partial charge in [0.15, 0.2) is 0 Å². The highest BCUT2D eigenvalue weighted by atomic mass is 15.2. The van der Waals surface area contributed by atoms with E-state index in [-0.39, 0.29) is 0 Å². The first-order valence-corrected chi connectivity index (χ1v) is 3.83. The lowest BCUT2D eigenvalue weighted by Crippen LogP contribution is -1.93. The summed E-state index contributed by atoms with van der Waals surface area (Å²) in [4.78, 5) is 0. The molecule has 4 nitrogen and oxygen atoms in total. The van der Waals surface area contributed by atoms with Gasteiger partial charge in [0.25, 0.3) is 0 Å². The quantitative estimate of drug-likeness (QED) is 0.603. The third-order valence-electron chi connectivity index (χ3n) is 1.98. The topological polar surface area (TPSA) is 67.6 Å². The van der Waals surface area contributed by atoms with E-state index in [0.717, 1.165) is 10.9 Å². The normalized spacial score (nSPS) is 10.2. The molecule has 0 saturated carbocycles.